The summed E-state index contributed by atoms with van der Waals surface area (Å²) in [7, 11) is 0. The Morgan fingerprint density at radius 3 is 2.86 bits per heavy atom. The summed E-state index contributed by atoms with van der Waals surface area (Å²) >= 11 is 0. The number of pyridine rings is 1. The molecule has 0 unspecified atom stereocenters. The first-order chi connectivity index (χ1) is 13.7. The first-order valence-corrected chi connectivity index (χ1v) is 10.1. The third-order valence-electron chi connectivity index (χ3n) is 6.14. The molecule has 0 bridgehead atoms. The summed E-state index contributed by atoms with van der Waals surface area (Å²) in [6.45, 7) is 5.82. The fourth-order valence-electron chi connectivity index (χ4n) is 4.43. The molecule has 28 heavy (non-hydrogen) atoms. The highest BCUT2D eigenvalue weighted by atomic mass is 16.5. The van der Waals surface area contributed by atoms with Crippen LogP contribution in [0.2, 0.25) is 0 Å². The van der Waals surface area contributed by atoms with Crippen molar-refractivity contribution in [3.8, 4) is 11.4 Å². The van der Waals surface area contributed by atoms with Crippen LogP contribution in [0.3, 0.4) is 0 Å². The van der Waals surface area contributed by atoms with Crippen LogP contribution in [0.5, 0.6) is 0 Å². The van der Waals surface area contributed by atoms with Crippen molar-refractivity contribution in [1.82, 2.24) is 24.8 Å². The van der Waals surface area contributed by atoms with Gasteiger partial charge in [0.15, 0.2) is 5.82 Å². The van der Waals surface area contributed by atoms with Crippen LogP contribution in [0.4, 0.5) is 0 Å². The largest absolute Gasteiger partial charge is 0.378 e. The number of hydrogen-bond acceptors (Lipinski definition) is 6. The number of rotatable bonds is 3. The van der Waals surface area contributed by atoms with Crippen molar-refractivity contribution < 1.29 is 9.53 Å². The van der Waals surface area contributed by atoms with Crippen LogP contribution in [0, 0.1) is 12.8 Å². The van der Waals surface area contributed by atoms with Gasteiger partial charge in [-0.3, -0.25) is 14.7 Å². The van der Waals surface area contributed by atoms with Crippen LogP contribution >= 0.6 is 0 Å². The summed E-state index contributed by atoms with van der Waals surface area (Å²) in [5.41, 5.74) is 2.14. The quantitative estimate of drug-likeness (QED) is 0.810. The number of carbonyl (C=O) groups excluding carboxylic acids is 1. The zero-order valence-corrected chi connectivity index (χ0v) is 16.1. The van der Waals surface area contributed by atoms with E-state index in [0.717, 1.165) is 31.2 Å². The maximum absolute atomic E-state index is 13.1. The first-order valence-electron chi connectivity index (χ1n) is 10.1. The Kier molecular flexibility index (Phi) is 4.56. The van der Waals surface area contributed by atoms with E-state index in [1.54, 1.807) is 18.6 Å². The van der Waals surface area contributed by atoms with Crippen LogP contribution in [-0.4, -0.2) is 75.6 Å². The van der Waals surface area contributed by atoms with Crippen molar-refractivity contribution in [3.05, 3.63) is 42.0 Å². The average molecular weight is 379 g/mol. The van der Waals surface area contributed by atoms with E-state index in [1.807, 2.05) is 24.0 Å². The van der Waals surface area contributed by atoms with Crippen LogP contribution < -0.4 is 0 Å². The highest BCUT2D eigenvalue weighted by Gasteiger charge is 2.43. The van der Waals surface area contributed by atoms with Gasteiger partial charge in [-0.05, 0) is 37.8 Å². The van der Waals surface area contributed by atoms with E-state index in [9.17, 15) is 4.79 Å². The van der Waals surface area contributed by atoms with Gasteiger partial charge in [0.05, 0.1) is 30.5 Å². The van der Waals surface area contributed by atoms with E-state index in [2.05, 4.69) is 19.9 Å². The minimum absolute atomic E-state index is 0.0171. The Hall–Kier alpha value is -2.38. The molecular formula is C21H25N5O2. The molecule has 3 aliphatic rings. The number of fused-ring (bicyclic) bond motifs is 1. The van der Waals surface area contributed by atoms with Crippen LogP contribution in [-0.2, 0) is 4.74 Å². The minimum atomic E-state index is 0.0171. The summed E-state index contributed by atoms with van der Waals surface area (Å²) in [4.78, 5) is 30.7. The maximum Gasteiger partial charge on any atom is 0.257 e. The Bertz CT molecular complexity index is 870. The third-order valence-corrected chi connectivity index (χ3v) is 6.14. The van der Waals surface area contributed by atoms with Gasteiger partial charge in [-0.15, -0.1) is 0 Å². The van der Waals surface area contributed by atoms with Gasteiger partial charge in [-0.1, -0.05) is 0 Å². The molecule has 7 heteroatoms. The van der Waals surface area contributed by atoms with Gasteiger partial charge >= 0.3 is 0 Å². The fourth-order valence-corrected chi connectivity index (χ4v) is 4.43. The van der Waals surface area contributed by atoms with E-state index < -0.39 is 0 Å². The van der Waals surface area contributed by atoms with Crippen LogP contribution in [0.25, 0.3) is 11.4 Å². The van der Waals surface area contributed by atoms with E-state index in [-0.39, 0.29) is 5.91 Å². The summed E-state index contributed by atoms with van der Waals surface area (Å²) in [5.74, 6) is 1.41. The number of morpholine rings is 1. The van der Waals surface area contributed by atoms with Crippen LogP contribution in [0.15, 0.2) is 30.7 Å². The fraction of sp³-hybridized carbons (Fsp3) is 0.524. The molecule has 0 radical (unpaired) electrons. The SMILES string of the molecule is Cc1nc(-c2cccnc2)ncc1C(=O)N1CCN2[C@@H](COC[C@@H]2C2CC2)C1. The Labute approximate surface area is 164 Å². The number of hydrogen-bond donors (Lipinski definition) is 0. The van der Waals surface area contributed by atoms with E-state index in [1.165, 1.54) is 12.8 Å². The molecule has 1 aliphatic carbocycles. The van der Waals surface area contributed by atoms with Crippen molar-refractivity contribution >= 4 is 5.91 Å². The van der Waals surface area contributed by atoms with Crippen molar-refractivity contribution in [2.75, 3.05) is 32.8 Å². The van der Waals surface area contributed by atoms with Gasteiger partial charge in [0.2, 0.25) is 0 Å². The van der Waals surface area contributed by atoms with Crippen LogP contribution in [0.1, 0.15) is 28.9 Å². The standard InChI is InChI=1S/C21H25N5O2/c1-14-18(10-23-20(24-14)16-3-2-6-22-9-16)21(27)25-7-8-26-17(11-25)12-28-13-19(26)15-4-5-15/h2-3,6,9-10,15,17,19H,4-5,7-8,11-13H2,1H3/t17-,19-/m1/s1. The molecule has 2 saturated heterocycles. The zero-order chi connectivity index (χ0) is 19.1. The lowest BCUT2D eigenvalue weighted by Gasteiger charge is -2.48. The lowest BCUT2D eigenvalue weighted by atomic mass is 10.0. The second-order valence-electron chi connectivity index (χ2n) is 8.02. The predicted octanol–water partition coefficient (Wildman–Crippen LogP) is 1.78. The summed E-state index contributed by atoms with van der Waals surface area (Å²) in [6.07, 6.45) is 7.74. The molecule has 1 saturated carbocycles. The van der Waals surface area contributed by atoms with Crippen molar-refractivity contribution in [2.45, 2.75) is 31.8 Å². The molecule has 0 spiro atoms. The van der Waals surface area contributed by atoms with Gasteiger partial charge in [0.1, 0.15) is 0 Å². The normalized spacial score (nSPS) is 25.4. The van der Waals surface area contributed by atoms with E-state index >= 15 is 0 Å². The highest BCUT2D eigenvalue weighted by Crippen LogP contribution is 2.38. The molecule has 7 nitrogen and oxygen atoms in total. The molecule has 146 valence electrons. The van der Waals surface area contributed by atoms with Crippen molar-refractivity contribution in [1.29, 1.82) is 0 Å². The number of nitrogens with zero attached hydrogens (tertiary/aromatic N) is 5. The Morgan fingerprint density at radius 2 is 2.11 bits per heavy atom. The topological polar surface area (TPSA) is 71.5 Å². The number of ether oxygens (including phenoxy) is 1. The molecular weight excluding hydrogens is 354 g/mol. The molecule has 5 rings (SSSR count). The number of aryl methyl sites for hydroxylation is 1. The molecule has 2 aromatic heterocycles. The lowest BCUT2D eigenvalue weighted by molar-refractivity contribution is -0.0816. The second-order valence-corrected chi connectivity index (χ2v) is 8.02. The van der Waals surface area contributed by atoms with Gasteiger partial charge in [0.25, 0.3) is 5.91 Å². The second kappa shape index (κ2) is 7.22. The van der Waals surface area contributed by atoms with Crippen molar-refractivity contribution in [3.63, 3.8) is 0 Å². The van der Waals surface area contributed by atoms with Gasteiger partial charge in [-0.25, -0.2) is 9.97 Å². The summed E-state index contributed by atoms with van der Waals surface area (Å²) < 4.78 is 5.86. The first kappa shape index (κ1) is 17.7. The number of carbonyl (C=O) groups is 1. The third kappa shape index (κ3) is 3.29. The lowest BCUT2D eigenvalue weighted by Crippen LogP contribution is -2.63. The van der Waals surface area contributed by atoms with Crippen molar-refractivity contribution in [2.24, 2.45) is 5.92 Å². The molecule has 0 aromatic carbocycles. The van der Waals surface area contributed by atoms with E-state index in [0.29, 0.717) is 42.3 Å². The maximum atomic E-state index is 13.1. The predicted molar refractivity (Wildman–Crippen MR) is 104 cm³/mol. The monoisotopic (exact) mass is 379 g/mol. The van der Waals surface area contributed by atoms with Gasteiger partial charge in [-0.2, -0.15) is 0 Å². The molecule has 1 amide bonds. The summed E-state index contributed by atoms with van der Waals surface area (Å²) in [6, 6.07) is 4.61. The summed E-state index contributed by atoms with van der Waals surface area (Å²) in [5, 5.41) is 0. The average Bonchev–Trinajstić information content (AvgIpc) is 3.58. The molecule has 2 aromatic rings. The number of piperazine rings is 1. The number of aromatic nitrogens is 3. The van der Waals surface area contributed by atoms with Gasteiger partial charge in [0, 0.05) is 49.8 Å². The molecule has 2 aliphatic heterocycles. The molecule has 2 atom stereocenters. The number of amides is 1. The smallest absolute Gasteiger partial charge is 0.257 e. The minimum Gasteiger partial charge on any atom is -0.378 e. The highest BCUT2D eigenvalue weighted by molar-refractivity contribution is 5.95. The molecule has 4 heterocycles. The Balaban J connectivity index is 1.31. The molecule has 0 N–H and O–H groups in total. The van der Waals surface area contributed by atoms with E-state index in [4.69, 9.17) is 4.74 Å². The van der Waals surface area contributed by atoms with Gasteiger partial charge < -0.3 is 9.64 Å². The zero-order valence-electron chi connectivity index (χ0n) is 16.1. The Morgan fingerprint density at radius 1 is 1.21 bits per heavy atom. The molecule has 3 fully saturated rings.